The number of allylic oxidation sites excluding steroid dienone is 2. The summed E-state index contributed by atoms with van der Waals surface area (Å²) in [6, 6.07) is 0.534. The molecule has 0 saturated heterocycles. The van der Waals surface area contributed by atoms with Crippen molar-refractivity contribution in [3.8, 4) is 0 Å². The van der Waals surface area contributed by atoms with Gasteiger partial charge in [0.05, 0.1) is 6.33 Å². The Labute approximate surface area is 153 Å². The maximum atomic E-state index is 10.4. The molecule has 0 aliphatic heterocycles. The third-order valence-corrected chi connectivity index (χ3v) is 4.67. The molecule has 4 nitrogen and oxygen atoms in total. The number of carboxylic acid groups (broad SMARTS) is 1. The van der Waals surface area contributed by atoms with Gasteiger partial charge in [-0.3, -0.25) is 4.79 Å². The van der Waals surface area contributed by atoms with Crippen molar-refractivity contribution in [1.29, 1.82) is 0 Å². The van der Waals surface area contributed by atoms with E-state index in [9.17, 15) is 4.79 Å². The van der Waals surface area contributed by atoms with Gasteiger partial charge in [0.25, 0.3) is 0 Å². The smallest absolute Gasteiger partial charge is 0.303 e. The summed E-state index contributed by atoms with van der Waals surface area (Å²) in [4.78, 5) is 14.6. The van der Waals surface area contributed by atoms with E-state index in [0.29, 0.717) is 12.5 Å². The molecule has 1 rings (SSSR count). The Balaban J connectivity index is 2.13. The molecule has 0 aliphatic carbocycles. The Morgan fingerprint density at radius 2 is 1.84 bits per heavy atom. The highest BCUT2D eigenvalue weighted by molar-refractivity contribution is 5.66. The second-order valence-electron chi connectivity index (χ2n) is 6.92. The van der Waals surface area contributed by atoms with Crippen LogP contribution in [-0.2, 0) is 4.79 Å². The highest BCUT2D eigenvalue weighted by Gasteiger charge is 2.08. The van der Waals surface area contributed by atoms with Gasteiger partial charge in [0, 0.05) is 24.9 Å². The molecule has 0 bridgehead atoms. The maximum absolute atomic E-state index is 10.4. The Bertz CT molecular complexity index is 454. The van der Waals surface area contributed by atoms with E-state index < -0.39 is 5.97 Å². The number of carbonyl (C=O) groups is 1. The number of carboxylic acids is 1. The van der Waals surface area contributed by atoms with E-state index in [0.717, 1.165) is 32.1 Å². The number of aromatic nitrogens is 2. The van der Waals surface area contributed by atoms with E-state index in [2.05, 4.69) is 34.8 Å². The highest BCUT2D eigenvalue weighted by atomic mass is 16.4. The number of imidazole rings is 1. The normalized spacial score (nSPS) is 12.7. The predicted molar refractivity (Wildman–Crippen MR) is 104 cm³/mol. The largest absolute Gasteiger partial charge is 0.481 e. The summed E-state index contributed by atoms with van der Waals surface area (Å²) < 4.78 is 2.25. The van der Waals surface area contributed by atoms with Gasteiger partial charge < -0.3 is 9.67 Å². The fraction of sp³-hybridized carbons (Fsp3) is 0.714. The Kier molecular flexibility index (Phi) is 12.7. The zero-order chi connectivity index (χ0) is 18.2. The molecule has 0 radical (unpaired) electrons. The fourth-order valence-electron chi connectivity index (χ4n) is 3.12. The topological polar surface area (TPSA) is 55.1 Å². The first-order valence-electron chi connectivity index (χ1n) is 10.1. The SMILES string of the molecule is CCCCCCC(C/C=C/CCCCCCCC(=O)O)n1ccnc1. The van der Waals surface area contributed by atoms with Crippen LogP contribution in [0.25, 0.3) is 0 Å². The van der Waals surface area contributed by atoms with Crippen molar-refractivity contribution in [2.24, 2.45) is 0 Å². The van der Waals surface area contributed by atoms with Gasteiger partial charge in [-0.15, -0.1) is 0 Å². The van der Waals surface area contributed by atoms with Crippen LogP contribution in [0, 0.1) is 0 Å². The van der Waals surface area contributed by atoms with E-state index in [1.54, 1.807) is 0 Å². The van der Waals surface area contributed by atoms with Gasteiger partial charge in [-0.2, -0.15) is 0 Å². The molecule has 1 unspecified atom stereocenters. The molecule has 0 fully saturated rings. The molecule has 0 aromatic carbocycles. The minimum Gasteiger partial charge on any atom is -0.481 e. The van der Waals surface area contributed by atoms with Crippen LogP contribution in [-0.4, -0.2) is 20.6 Å². The van der Waals surface area contributed by atoms with Crippen LogP contribution in [0.1, 0.15) is 96.4 Å². The second kappa shape index (κ2) is 14.7. The van der Waals surface area contributed by atoms with Gasteiger partial charge in [0.15, 0.2) is 0 Å². The zero-order valence-corrected chi connectivity index (χ0v) is 15.9. The summed E-state index contributed by atoms with van der Waals surface area (Å²) in [5, 5.41) is 8.59. The standard InChI is InChI=1S/C21H36N2O2/c1-2-3-4-11-14-20(23-18-17-22-19-23)15-12-9-7-5-6-8-10-13-16-21(24)25/h9,12,17-20H,2-8,10-11,13-16H2,1H3,(H,24,25)/b12-9+. The van der Waals surface area contributed by atoms with E-state index in [1.807, 2.05) is 12.5 Å². The Morgan fingerprint density at radius 3 is 2.56 bits per heavy atom. The molecule has 0 aliphatic rings. The fourth-order valence-corrected chi connectivity index (χ4v) is 3.12. The lowest BCUT2D eigenvalue weighted by Gasteiger charge is -2.16. The van der Waals surface area contributed by atoms with Gasteiger partial charge in [-0.1, -0.05) is 64.0 Å². The van der Waals surface area contributed by atoms with Gasteiger partial charge in [-0.05, 0) is 32.1 Å². The van der Waals surface area contributed by atoms with Gasteiger partial charge in [0.1, 0.15) is 0 Å². The molecule has 1 heterocycles. The summed E-state index contributed by atoms with van der Waals surface area (Å²) >= 11 is 0. The monoisotopic (exact) mass is 348 g/mol. The molecule has 4 heteroatoms. The number of hydrogen-bond acceptors (Lipinski definition) is 2. The molecular weight excluding hydrogens is 312 g/mol. The molecule has 1 atom stereocenters. The second-order valence-corrected chi connectivity index (χ2v) is 6.92. The molecule has 0 saturated carbocycles. The first-order chi connectivity index (χ1) is 12.2. The third kappa shape index (κ3) is 11.6. The van der Waals surface area contributed by atoms with Crippen LogP contribution in [0.5, 0.6) is 0 Å². The average molecular weight is 349 g/mol. The van der Waals surface area contributed by atoms with E-state index in [4.69, 9.17) is 5.11 Å². The van der Waals surface area contributed by atoms with Crippen LogP contribution < -0.4 is 0 Å². The molecule has 25 heavy (non-hydrogen) atoms. The van der Waals surface area contributed by atoms with Crippen LogP contribution in [0.15, 0.2) is 30.9 Å². The molecule has 0 amide bonds. The molecule has 142 valence electrons. The minimum atomic E-state index is -0.676. The lowest BCUT2D eigenvalue weighted by atomic mass is 10.0. The van der Waals surface area contributed by atoms with Gasteiger partial charge in [0.2, 0.25) is 0 Å². The van der Waals surface area contributed by atoms with E-state index in [-0.39, 0.29) is 0 Å². The van der Waals surface area contributed by atoms with E-state index >= 15 is 0 Å². The summed E-state index contributed by atoms with van der Waals surface area (Å²) in [6.07, 6.45) is 24.9. The number of nitrogens with zero attached hydrogens (tertiary/aromatic N) is 2. The molecule has 1 N–H and O–H groups in total. The van der Waals surface area contributed by atoms with Crippen molar-refractivity contribution >= 4 is 5.97 Å². The minimum absolute atomic E-state index is 0.313. The van der Waals surface area contributed by atoms with Crippen molar-refractivity contribution in [3.05, 3.63) is 30.9 Å². The summed E-state index contributed by atoms with van der Waals surface area (Å²) in [7, 11) is 0. The Hall–Kier alpha value is -1.58. The van der Waals surface area contributed by atoms with Crippen molar-refractivity contribution < 1.29 is 9.90 Å². The molecule has 1 aromatic rings. The van der Waals surface area contributed by atoms with Crippen molar-refractivity contribution in [3.63, 3.8) is 0 Å². The maximum Gasteiger partial charge on any atom is 0.303 e. The summed E-state index contributed by atoms with van der Waals surface area (Å²) in [5.41, 5.74) is 0. The first kappa shape index (κ1) is 21.5. The van der Waals surface area contributed by atoms with Crippen molar-refractivity contribution in [2.45, 2.75) is 96.4 Å². The number of unbranched alkanes of at least 4 members (excludes halogenated alkanes) is 8. The lowest BCUT2D eigenvalue weighted by Crippen LogP contribution is -2.06. The highest BCUT2D eigenvalue weighted by Crippen LogP contribution is 2.20. The van der Waals surface area contributed by atoms with Crippen LogP contribution in [0.2, 0.25) is 0 Å². The van der Waals surface area contributed by atoms with Crippen LogP contribution >= 0.6 is 0 Å². The first-order valence-corrected chi connectivity index (χ1v) is 10.1. The van der Waals surface area contributed by atoms with Crippen LogP contribution in [0.3, 0.4) is 0 Å². The van der Waals surface area contributed by atoms with Crippen molar-refractivity contribution in [2.75, 3.05) is 0 Å². The van der Waals surface area contributed by atoms with Crippen LogP contribution in [0.4, 0.5) is 0 Å². The zero-order valence-electron chi connectivity index (χ0n) is 15.9. The average Bonchev–Trinajstić information content (AvgIpc) is 3.12. The number of aliphatic carboxylic acids is 1. The third-order valence-electron chi connectivity index (χ3n) is 4.67. The molecule has 1 aromatic heterocycles. The molecular formula is C21H36N2O2. The summed E-state index contributed by atoms with van der Waals surface area (Å²) in [5.74, 6) is -0.676. The summed E-state index contributed by atoms with van der Waals surface area (Å²) in [6.45, 7) is 2.25. The van der Waals surface area contributed by atoms with Crippen molar-refractivity contribution in [1.82, 2.24) is 9.55 Å². The Morgan fingerprint density at radius 1 is 1.08 bits per heavy atom. The van der Waals surface area contributed by atoms with Gasteiger partial charge >= 0.3 is 5.97 Å². The lowest BCUT2D eigenvalue weighted by molar-refractivity contribution is -0.137. The number of hydrogen-bond donors (Lipinski definition) is 1. The predicted octanol–water partition coefficient (Wildman–Crippen LogP) is 6.16. The van der Waals surface area contributed by atoms with E-state index in [1.165, 1.54) is 44.9 Å². The van der Waals surface area contributed by atoms with Gasteiger partial charge in [-0.25, -0.2) is 4.98 Å². The number of rotatable bonds is 16. The molecule has 0 spiro atoms. The quantitative estimate of drug-likeness (QED) is 0.288.